The van der Waals surface area contributed by atoms with Gasteiger partial charge in [-0.2, -0.15) is 0 Å². The van der Waals surface area contributed by atoms with Crippen molar-refractivity contribution >= 4 is 60.8 Å². The number of hydrogen-bond acceptors (Lipinski definition) is 5. The lowest BCUT2D eigenvalue weighted by Crippen LogP contribution is -2.27. The highest BCUT2D eigenvalue weighted by molar-refractivity contribution is 9.11. The summed E-state index contributed by atoms with van der Waals surface area (Å²) in [7, 11) is 0. The first-order valence-electron chi connectivity index (χ1n) is 7.18. The zero-order valence-electron chi connectivity index (χ0n) is 12.9. The topological polar surface area (TPSA) is 77.8 Å². The molecule has 0 saturated carbocycles. The number of phenols is 2. The van der Waals surface area contributed by atoms with E-state index in [0.717, 1.165) is 4.90 Å². The third-order valence-electron chi connectivity index (χ3n) is 3.64. The van der Waals surface area contributed by atoms with Crippen molar-refractivity contribution in [1.29, 1.82) is 0 Å². The van der Waals surface area contributed by atoms with Crippen molar-refractivity contribution in [3.63, 3.8) is 0 Å². The molecule has 1 fully saturated rings. The van der Waals surface area contributed by atoms with Crippen LogP contribution in [0.1, 0.15) is 11.1 Å². The van der Waals surface area contributed by atoms with Crippen LogP contribution in [0.2, 0.25) is 0 Å². The highest BCUT2D eigenvalue weighted by Crippen LogP contribution is 2.43. The van der Waals surface area contributed by atoms with Gasteiger partial charge in [0.15, 0.2) is 0 Å². The number of phenolic OH excluding ortho intramolecular Hbond substituents is 2. The van der Waals surface area contributed by atoms with Crippen LogP contribution in [0.5, 0.6) is 11.5 Å². The summed E-state index contributed by atoms with van der Waals surface area (Å²) in [5.41, 5.74) is 0.465. The summed E-state index contributed by atoms with van der Waals surface area (Å²) in [6.45, 7) is -0.177. The summed E-state index contributed by atoms with van der Waals surface area (Å²) in [5.74, 6) is -1.54. The van der Waals surface area contributed by atoms with Gasteiger partial charge >= 0.3 is 0 Å². The van der Waals surface area contributed by atoms with Crippen molar-refractivity contribution in [2.45, 2.75) is 6.54 Å². The third kappa shape index (κ3) is 3.51. The lowest BCUT2D eigenvalue weighted by molar-refractivity contribution is -0.123. The zero-order valence-corrected chi connectivity index (χ0v) is 16.9. The van der Waals surface area contributed by atoms with Crippen LogP contribution in [-0.4, -0.2) is 26.3 Å². The summed E-state index contributed by atoms with van der Waals surface area (Å²) in [4.78, 5) is 25.7. The molecule has 134 valence electrons. The van der Waals surface area contributed by atoms with E-state index in [1.165, 1.54) is 30.3 Å². The Hall–Kier alpha value is -1.84. The second-order valence-corrected chi connectivity index (χ2v) is 7.96. The number of benzene rings is 2. The molecule has 2 amide bonds. The number of imide groups is 1. The zero-order chi connectivity index (χ0) is 19.0. The largest absolute Gasteiger partial charge is 0.506 e. The normalized spacial score (nSPS) is 16.0. The lowest BCUT2D eigenvalue weighted by atomic mass is 10.1. The number of aromatic hydroxyl groups is 2. The molecular formula is C17H10Br2FNO4S. The first kappa shape index (κ1) is 18.9. The first-order valence-corrected chi connectivity index (χ1v) is 9.58. The average Bonchev–Trinajstić information content (AvgIpc) is 2.87. The molecule has 0 aromatic heterocycles. The SMILES string of the molecule is O=C1S/C(=C\c2cc(Br)c(O)c(Br)c2O)C(=O)N1Cc1ccccc1F. The smallest absolute Gasteiger partial charge is 0.293 e. The molecule has 1 aliphatic rings. The van der Waals surface area contributed by atoms with Crippen LogP contribution in [0.25, 0.3) is 6.08 Å². The minimum atomic E-state index is -0.581. The van der Waals surface area contributed by atoms with Gasteiger partial charge in [0.05, 0.1) is 15.9 Å². The van der Waals surface area contributed by atoms with Crippen LogP contribution >= 0.6 is 43.6 Å². The maximum Gasteiger partial charge on any atom is 0.293 e. The fraction of sp³-hybridized carbons (Fsp3) is 0.0588. The highest BCUT2D eigenvalue weighted by atomic mass is 79.9. The molecule has 1 aliphatic heterocycles. The molecule has 0 atom stereocenters. The molecule has 3 rings (SSSR count). The van der Waals surface area contributed by atoms with Gasteiger partial charge in [0.1, 0.15) is 21.8 Å². The predicted molar refractivity (Wildman–Crippen MR) is 103 cm³/mol. The van der Waals surface area contributed by atoms with Gasteiger partial charge in [-0.15, -0.1) is 0 Å². The maximum atomic E-state index is 13.8. The van der Waals surface area contributed by atoms with Crippen molar-refractivity contribution < 1.29 is 24.2 Å². The maximum absolute atomic E-state index is 13.8. The summed E-state index contributed by atoms with van der Waals surface area (Å²) in [5, 5.41) is 19.3. The molecule has 9 heteroatoms. The Kier molecular flexibility index (Phi) is 5.40. The van der Waals surface area contributed by atoms with E-state index in [0.29, 0.717) is 16.2 Å². The molecule has 1 heterocycles. The predicted octanol–water partition coefficient (Wildman–Crippen LogP) is 5.00. The third-order valence-corrected chi connectivity index (χ3v) is 5.91. The first-order chi connectivity index (χ1) is 12.3. The van der Waals surface area contributed by atoms with Gasteiger partial charge in [0.2, 0.25) is 0 Å². The standard InChI is InChI=1S/C17H10Br2FNO4S/c18-10-5-9(14(22)13(19)15(10)23)6-12-16(24)21(17(25)26-12)7-8-3-1-2-4-11(8)20/h1-6,22-23H,7H2/b12-6-. The van der Waals surface area contributed by atoms with Crippen molar-refractivity contribution in [2.24, 2.45) is 0 Å². The van der Waals surface area contributed by atoms with Crippen LogP contribution in [0.4, 0.5) is 9.18 Å². The van der Waals surface area contributed by atoms with Gasteiger partial charge < -0.3 is 10.2 Å². The summed E-state index contributed by atoms with van der Waals surface area (Å²) in [6, 6.07) is 7.32. The molecule has 0 aliphatic carbocycles. The van der Waals surface area contributed by atoms with E-state index in [4.69, 9.17) is 0 Å². The molecule has 2 aromatic rings. The van der Waals surface area contributed by atoms with Crippen LogP contribution in [0.15, 0.2) is 44.2 Å². The van der Waals surface area contributed by atoms with Crippen LogP contribution < -0.4 is 0 Å². The van der Waals surface area contributed by atoms with Gasteiger partial charge in [-0.3, -0.25) is 14.5 Å². The number of thioether (sulfide) groups is 1. The summed E-state index contributed by atoms with van der Waals surface area (Å²) >= 11 is 6.89. The number of hydrogen-bond donors (Lipinski definition) is 2. The Balaban J connectivity index is 1.92. The minimum Gasteiger partial charge on any atom is -0.506 e. The highest BCUT2D eigenvalue weighted by Gasteiger charge is 2.35. The quantitative estimate of drug-likeness (QED) is 0.577. The fourth-order valence-electron chi connectivity index (χ4n) is 2.30. The fourth-order valence-corrected chi connectivity index (χ4v) is 4.28. The average molecular weight is 503 g/mol. The number of nitrogens with zero attached hydrogens (tertiary/aromatic N) is 1. The van der Waals surface area contributed by atoms with Gasteiger partial charge in [-0.25, -0.2) is 4.39 Å². The Morgan fingerprint density at radius 1 is 1.15 bits per heavy atom. The van der Waals surface area contributed by atoms with E-state index in [1.807, 2.05) is 0 Å². The van der Waals surface area contributed by atoms with Gasteiger partial charge in [0, 0.05) is 11.1 Å². The lowest BCUT2D eigenvalue weighted by Gasteiger charge is -2.13. The Labute approximate surface area is 168 Å². The van der Waals surface area contributed by atoms with Crippen molar-refractivity contribution in [2.75, 3.05) is 0 Å². The van der Waals surface area contributed by atoms with Gasteiger partial charge in [-0.1, -0.05) is 18.2 Å². The van der Waals surface area contributed by atoms with Crippen LogP contribution in [0, 0.1) is 5.82 Å². The molecule has 0 unspecified atom stereocenters. The molecule has 0 spiro atoms. The molecule has 0 radical (unpaired) electrons. The van der Waals surface area contributed by atoms with E-state index < -0.39 is 17.0 Å². The Bertz CT molecular complexity index is 964. The second kappa shape index (κ2) is 7.42. The second-order valence-electron chi connectivity index (χ2n) is 5.32. The number of rotatable bonds is 3. The van der Waals surface area contributed by atoms with Gasteiger partial charge in [-0.05, 0) is 61.8 Å². The Morgan fingerprint density at radius 3 is 2.54 bits per heavy atom. The van der Waals surface area contributed by atoms with E-state index in [-0.39, 0.29) is 38.5 Å². The van der Waals surface area contributed by atoms with Crippen molar-refractivity contribution in [3.05, 3.63) is 61.1 Å². The molecule has 5 nitrogen and oxygen atoms in total. The summed E-state index contributed by atoms with van der Waals surface area (Å²) < 4.78 is 14.1. The molecule has 26 heavy (non-hydrogen) atoms. The number of carbonyl (C=O) groups is 2. The summed E-state index contributed by atoms with van der Waals surface area (Å²) in [6.07, 6.45) is 1.34. The van der Waals surface area contributed by atoms with E-state index in [1.54, 1.807) is 6.07 Å². The van der Waals surface area contributed by atoms with Crippen LogP contribution in [0.3, 0.4) is 0 Å². The molecule has 2 aromatic carbocycles. The number of halogens is 3. The molecule has 0 bridgehead atoms. The van der Waals surface area contributed by atoms with E-state index >= 15 is 0 Å². The Morgan fingerprint density at radius 2 is 1.85 bits per heavy atom. The van der Waals surface area contributed by atoms with Crippen molar-refractivity contribution in [1.82, 2.24) is 4.90 Å². The van der Waals surface area contributed by atoms with E-state index in [9.17, 15) is 24.2 Å². The number of amides is 2. The monoisotopic (exact) mass is 501 g/mol. The minimum absolute atomic E-state index is 0.0590. The van der Waals surface area contributed by atoms with Crippen LogP contribution in [-0.2, 0) is 11.3 Å². The molecule has 1 saturated heterocycles. The molecule has 2 N–H and O–H groups in total. The van der Waals surface area contributed by atoms with E-state index in [2.05, 4.69) is 31.9 Å². The number of carbonyl (C=O) groups excluding carboxylic acids is 2. The van der Waals surface area contributed by atoms with Crippen molar-refractivity contribution in [3.8, 4) is 11.5 Å². The molecular weight excluding hydrogens is 493 g/mol. The van der Waals surface area contributed by atoms with Gasteiger partial charge in [0.25, 0.3) is 11.1 Å².